The molecule has 0 unspecified atom stereocenters. The number of nitrogens with zero attached hydrogens (tertiary/aromatic N) is 2. The van der Waals surface area contributed by atoms with Gasteiger partial charge in [-0.3, -0.25) is 9.59 Å². The molecule has 0 N–H and O–H groups in total. The van der Waals surface area contributed by atoms with Crippen molar-refractivity contribution in [2.75, 3.05) is 39.9 Å². The van der Waals surface area contributed by atoms with E-state index in [1.54, 1.807) is 7.11 Å². The third-order valence-corrected chi connectivity index (χ3v) is 6.27. The van der Waals surface area contributed by atoms with Crippen LogP contribution in [0.15, 0.2) is 0 Å². The molecule has 0 aromatic carbocycles. The fraction of sp³-hybridized carbons (Fsp3) is 0.895. The fourth-order valence-electron chi connectivity index (χ4n) is 4.81. The van der Waals surface area contributed by atoms with Gasteiger partial charge in [0.2, 0.25) is 11.8 Å². The minimum absolute atomic E-state index is 0.0154. The highest BCUT2D eigenvalue weighted by Gasteiger charge is 2.44. The van der Waals surface area contributed by atoms with Crippen molar-refractivity contribution < 1.29 is 14.3 Å². The number of ether oxygens (including phenoxy) is 1. The minimum Gasteiger partial charge on any atom is -0.385 e. The lowest BCUT2D eigenvalue weighted by Gasteiger charge is -2.39. The van der Waals surface area contributed by atoms with Gasteiger partial charge < -0.3 is 14.5 Å². The van der Waals surface area contributed by atoms with E-state index in [-0.39, 0.29) is 23.1 Å². The summed E-state index contributed by atoms with van der Waals surface area (Å²) >= 11 is 0. The first kappa shape index (κ1) is 17.7. The van der Waals surface area contributed by atoms with Crippen molar-refractivity contribution >= 4 is 11.8 Å². The largest absolute Gasteiger partial charge is 0.385 e. The van der Waals surface area contributed by atoms with Gasteiger partial charge in [0.1, 0.15) is 0 Å². The fourth-order valence-corrected chi connectivity index (χ4v) is 4.81. The van der Waals surface area contributed by atoms with E-state index in [1.807, 2.05) is 9.80 Å². The van der Waals surface area contributed by atoms with Crippen LogP contribution in [-0.4, -0.2) is 61.5 Å². The first-order valence-electron chi connectivity index (χ1n) is 9.73. The van der Waals surface area contributed by atoms with Crippen molar-refractivity contribution in [2.24, 2.45) is 11.3 Å². The molecule has 2 saturated heterocycles. The molecule has 0 aromatic heterocycles. The molecular formula is C19H32N2O3. The quantitative estimate of drug-likeness (QED) is 0.775. The minimum atomic E-state index is -0.228. The zero-order valence-electron chi connectivity index (χ0n) is 15.1. The first-order chi connectivity index (χ1) is 11.7. The van der Waals surface area contributed by atoms with E-state index >= 15 is 0 Å². The van der Waals surface area contributed by atoms with Gasteiger partial charge in [-0.25, -0.2) is 0 Å². The second-order valence-electron chi connectivity index (χ2n) is 7.85. The highest BCUT2D eigenvalue weighted by Crippen LogP contribution is 2.43. The van der Waals surface area contributed by atoms with Crippen LogP contribution in [0.2, 0.25) is 0 Å². The molecule has 3 fully saturated rings. The summed E-state index contributed by atoms with van der Waals surface area (Å²) in [6, 6.07) is 0. The molecule has 1 saturated carbocycles. The monoisotopic (exact) mass is 336 g/mol. The molecule has 1 aliphatic carbocycles. The summed E-state index contributed by atoms with van der Waals surface area (Å²) in [4.78, 5) is 30.0. The summed E-state index contributed by atoms with van der Waals surface area (Å²) in [5, 5.41) is 0. The van der Waals surface area contributed by atoms with E-state index in [9.17, 15) is 9.59 Å². The van der Waals surface area contributed by atoms with E-state index in [4.69, 9.17) is 4.74 Å². The average Bonchev–Trinajstić information content (AvgIpc) is 3.31. The van der Waals surface area contributed by atoms with Gasteiger partial charge in [-0.05, 0) is 44.9 Å². The molecular weight excluding hydrogens is 304 g/mol. The van der Waals surface area contributed by atoms with Crippen molar-refractivity contribution in [2.45, 2.75) is 57.8 Å². The molecule has 2 amide bonds. The normalized spacial score (nSPS) is 26.8. The van der Waals surface area contributed by atoms with E-state index in [2.05, 4.69) is 0 Å². The van der Waals surface area contributed by atoms with Gasteiger partial charge in [-0.15, -0.1) is 0 Å². The van der Waals surface area contributed by atoms with Crippen LogP contribution >= 0.6 is 0 Å². The van der Waals surface area contributed by atoms with E-state index in [0.29, 0.717) is 13.2 Å². The third kappa shape index (κ3) is 3.61. The smallest absolute Gasteiger partial charge is 0.228 e. The molecule has 136 valence electrons. The molecule has 0 bridgehead atoms. The van der Waals surface area contributed by atoms with Crippen LogP contribution in [-0.2, 0) is 14.3 Å². The SMILES string of the molecule is COCCC1(C(=O)N2CCC[C@H](C(=O)N3CCCC3)C2)CCCC1. The number of hydrogen-bond donors (Lipinski definition) is 0. The van der Waals surface area contributed by atoms with Crippen LogP contribution in [0.25, 0.3) is 0 Å². The molecule has 5 heteroatoms. The molecule has 3 rings (SSSR count). The third-order valence-electron chi connectivity index (χ3n) is 6.27. The first-order valence-corrected chi connectivity index (χ1v) is 9.73. The number of rotatable bonds is 5. The second kappa shape index (κ2) is 7.85. The number of amides is 2. The Balaban J connectivity index is 1.64. The highest BCUT2D eigenvalue weighted by atomic mass is 16.5. The van der Waals surface area contributed by atoms with Crippen molar-refractivity contribution in [1.82, 2.24) is 9.80 Å². The second-order valence-corrected chi connectivity index (χ2v) is 7.85. The molecule has 2 heterocycles. The van der Waals surface area contributed by atoms with Crippen LogP contribution in [0.3, 0.4) is 0 Å². The van der Waals surface area contributed by atoms with Gasteiger partial charge in [-0.1, -0.05) is 12.8 Å². The lowest BCUT2D eigenvalue weighted by atomic mass is 9.80. The standard InChI is InChI=1S/C19H32N2O3/c1-24-14-10-19(8-2-3-9-19)18(23)21-13-6-7-16(15-21)17(22)20-11-4-5-12-20/h16H,2-15H2,1H3/t16-/m0/s1. The Morgan fingerprint density at radius 1 is 1.00 bits per heavy atom. The van der Waals surface area contributed by atoms with Crippen molar-refractivity contribution in [3.63, 3.8) is 0 Å². The predicted octanol–water partition coefficient (Wildman–Crippen LogP) is 2.44. The molecule has 0 radical (unpaired) electrons. The van der Waals surface area contributed by atoms with Crippen LogP contribution in [0.4, 0.5) is 0 Å². The summed E-state index contributed by atoms with van der Waals surface area (Å²) in [6.07, 6.45) is 9.21. The van der Waals surface area contributed by atoms with Gasteiger partial charge in [-0.2, -0.15) is 0 Å². The zero-order valence-corrected chi connectivity index (χ0v) is 15.1. The maximum Gasteiger partial charge on any atom is 0.228 e. The molecule has 2 aliphatic heterocycles. The number of carbonyl (C=O) groups is 2. The zero-order chi connectivity index (χ0) is 17.0. The van der Waals surface area contributed by atoms with Crippen LogP contribution in [0.1, 0.15) is 57.8 Å². The number of piperidine rings is 1. The number of methoxy groups -OCH3 is 1. The van der Waals surface area contributed by atoms with E-state index < -0.39 is 0 Å². The Bertz CT molecular complexity index is 454. The van der Waals surface area contributed by atoms with Gasteiger partial charge in [0.25, 0.3) is 0 Å². The Kier molecular flexibility index (Phi) is 5.80. The average molecular weight is 336 g/mol. The number of likely N-dealkylation sites (tertiary alicyclic amines) is 2. The summed E-state index contributed by atoms with van der Waals surface area (Å²) < 4.78 is 5.26. The lowest BCUT2D eigenvalue weighted by molar-refractivity contribution is -0.147. The topological polar surface area (TPSA) is 49.9 Å². The Hall–Kier alpha value is -1.10. The predicted molar refractivity (Wildman–Crippen MR) is 92.5 cm³/mol. The van der Waals surface area contributed by atoms with Gasteiger partial charge >= 0.3 is 0 Å². The van der Waals surface area contributed by atoms with E-state index in [1.165, 1.54) is 0 Å². The van der Waals surface area contributed by atoms with Gasteiger partial charge in [0.15, 0.2) is 0 Å². The van der Waals surface area contributed by atoms with E-state index in [0.717, 1.165) is 77.4 Å². The van der Waals surface area contributed by atoms with Crippen LogP contribution < -0.4 is 0 Å². The van der Waals surface area contributed by atoms with Crippen LogP contribution in [0.5, 0.6) is 0 Å². The molecule has 5 nitrogen and oxygen atoms in total. The lowest BCUT2D eigenvalue weighted by Crippen LogP contribution is -2.50. The number of carbonyl (C=O) groups excluding carboxylic acids is 2. The molecule has 3 aliphatic rings. The Labute approximate surface area is 145 Å². The summed E-state index contributed by atoms with van der Waals surface area (Å²) in [5.41, 5.74) is -0.228. The number of hydrogen-bond acceptors (Lipinski definition) is 3. The van der Waals surface area contributed by atoms with Gasteiger partial charge in [0.05, 0.1) is 11.3 Å². The summed E-state index contributed by atoms with van der Waals surface area (Å²) in [7, 11) is 1.71. The highest BCUT2D eigenvalue weighted by molar-refractivity contribution is 5.85. The molecule has 0 aromatic rings. The van der Waals surface area contributed by atoms with Crippen molar-refractivity contribution in [1.29, 1.82) is 0 Å². The van der Waals surface area contributed by atoms with Crippen LogP contribution in [0, 0.1) is 11.3 Å². The summed E-state index contributed by atoms with van der Waals surface area (Å²) in [6.45, 7) is 3.90. The summed E-state index contributed by atoms with van der Waals surface area (Å²) in [5.74, 6) is 0.583. The molecule has 0 spiro atoms. The Morgan fingerprint density at radius 3 is 2.33 bits per heavy atom. The van der Waals surface area contributed by atoms with Gasteiger partial charge in [0, 0.05) is 39.9 Å². The Morgan fingerprint density at radius 2 is 1.67 bits per heavy atom. The molecule has 24 heavy (non-hydrogen) atoms. The van der Waals surface area contributed by atoms with Crippen molar-refractivity contribution in [3.8, 4) is 0 Å². The van der Waals surface area contributed by atoms with Crippen molar-refractivity contribution in [3.05, 3.63) is 0 Å². The maximum absolute atomic E-state index is 13.3. The maximum atomic E-state index is 13.3. The molecule has 1 atom stereocenters.